The lowest BCUT2D eigenvalue weighted by Crippen LogP contribution is -2.20. The number of benzene rings is 2. The van der Waals surface area contributed by atoms with Gasteiger partial charge in [0.15, 0.2) is 16.7 Å². The number of phenolic OH excluding ortho intramolecular Hbond substituents is 1. The van der Waals surface area contributed by atoms with Crippen molar-refractivity contribution in [3.63, 3.8) is 0 Å². The minimum atomic E-state index is -0.475. The first-order valence-electron chi connectivity index (χ1n) is 7.43. The van der Waals surface area contributed by atoms with Crippen LogP contribution in [0.25, 0.3) is 6.08 Å². The van der Waals surface area contributed by atoms with Crippen LogP contribution in [0.3, 0.4) is 0 Å². The number of carbonyl (C=O) groups is 2. The molecule has 2 amide bonds. The molecule has 1 saturated heterocycles. The zero-order valence-corrected chi connectivity index (χ0v) is 15.1. The summed E-state index contributed by atoms with van der Waals surface area (Å²) in [6.45, 7) is 0. The number of aliphatic imine (C=N–C) groups is 1. The average molecular weight is 389 g/mol. The number of amidine groups is 1. The summed E-state index contributed by atoms with van der Waals surface area (Å²) >= 11 is 6.85. The highest BCUT2D eigenvalue weighted by Crippen LogP contribution is 2.30. The van der Waals surface area contributed by atoms with Crippen molar-refractivity contribution in [2.45, 2.75) is 0 Å². The van der Waals surface area contributed by atoms with Crippen molar-refractivity contribution in [1.29, 1.82) is 0 Å². The van der Waals surface area contributed by atoms with Crippen LogP contribution in [0.1, 0.15) is 15.9 Å². The predicted octanol–water partition coefficient (Wildman–Crippen LogP) is 3.45. The quantitative estimate of drug-likeness (QED) is 0.786. The van der Waals surface area contributed by atoms with Gasteiger partial charge in [-0.05, 0) is 59.8 Å². The predicted molar refractivity (Wildman–Crippen MR) is 102 cm³/mol. The van der Waals surface area contributed by atoms with Gasteiger partial charge in [0.2, 0.25) is 0 Å². The molecule has 8 heteroatoms. The molecule has 1 aliphatic rings. The van der Waals surface area contributed by atoms with Crippen molar-refractivity contribution in [2.75, 3.05) is 7.11 Å². The van der Waals surface area contributed by atoms with E-state index in [1.807, 2.05) is 0 Å². The zero-order valence-electron chi connectivity index (χ0n) is 13.5. The topological polar surface area (TPSA) is 88.0 Å². The first kappa shape index (κ1) is 18.0. The third-order valence-corrected chi connectivity index (χ3v) is 4.61. The molecule has 0 radical (unpaired) electrons. The van der Waals surface area contributed by atoms with E-state index >= 15 is 0 Å². The van der Waals surface area contributed by atoms with Gasteiger partial charge in [0.25, 0.3) is 11.8 Å². The van der Waals surface area contributed by atoms with Crippen LogP contribution in [0.4, 0.5) is 0 Å². The Hall–Kier alpha value is -2.77. The van der Waals surface area contributed by atoms with Crippen molar-refractivity contribution < 1.29 is 19.4 Å². The summed E-state index contributed by atoms with van der Waals surface area (Å²) in [6, 6.07) is 11.0. The average Bonchev–Trinajstić information content (AvgIpc) is 2.96. The molecule has 3 rings (SSSR count). The van der Waals surface area contributed by atoms with Gasteiger partial charge in [-0.1, -0.05) is 17.7 Å². The molecule has 0 saturated carbocycles. The molecular weight excluding hydrogens is 376 g/mol. The van der Waals surface area contributed by atoms with E-state index in [9.17, 15) is 14.7 Å². The number of aromatic hydroxyl groups is 1. The van der Waals surface area contributed by atoms with Crippen LogP contribution in [-0.4, -0.2) is 29.2 Å². The molecule has 0 unspecified atom stereocenters. The monoisotopic (exact) mass is 388 g/mol. The first-order valence-corrected chi connectivity index (χ1v) is 8.62. The molecule has 0 aromatic heterocycles. The molecule has 0 aliphatic carbocycles. The second-order valence-corrected chi connectivity index (χ2v) is 6.69. The van der Waals surface area contributed by atoms with Crippen molar-refractivity contribution in [3.05, 3.63) is 63.5 Å². The normalized spacial score (nSPS) is 16.8. The van der Waals surface area contributed by atoms with Crippen LogP contribution < -0.4 is 10.1 Å². The van der Waals surface area contributed by atoms with E-state index in [0.717, 1.165) is 11.8 Å². The molecule has 132 valence electrons. The van der Waals surface area contributed by atoms with Crippen LogP contribution in [0, 0.1) is 0 Å². The highest BCUT2D eigenvalue weighted by atomic mass is 35.5. The number of nitrogens with one attached hydrogen (secondary N) is 1. The third-order valence-electron chi connectivity index (χ3n) is 3.45. The van der Waals surface area contributed by atoms with E-state index in [0.29, 0.717) is 26.8 Å². The molecule has 0 bridgehead atoms. The fraction of sp³-hybridized carbons (Fsp3) is 0.0556. The summed E-state index contributed by atoms with van der Waals surface area (Å²) in [7, 11) is 1.44. The van der Waals surface area contributed by atoms with Crippen LogP contribution in [0.15, 0.2) is 52.4 Å². The van der Waals surface area contributed by atoms with Crippen molar-refractivity contribution >= 4 is 46.4 Å². The second kappa shape index (κ2) is 7.63. The number of ether oxygens (including phenoxy) is 1. The zero-order chi connectivity index (χ0) is 18.7. The van der Waals surface area contributed by atoms with Crippen LogP contribution >= 0.6 is 23.4 Å². The number of hydrogen-bond donors (Lipinski definition) is 2. The Kier molecular flexibility index (Phi) is 5.29. The highest BCUT2D eigenvalue weighted by molar-refractivity contribution is 8.18. The summed E-state index contributed by atoms with van der Waals surface area (Å²) in [6.07, 6.45) is 1.62. The number of carbonyl (C=O) groups excluding carboxylic acids is 2. The van der Waals surface area contributed by atoms with Gasteiger partial charge in [-0.3, -0.25) is 9.59 Å². The summed E-state index contributed by atoms with van der Waals surface area (Å²) in [4.78, 5) is 28.5. The number of methoxy groups -OCH3 is 1. The standard InChI is InChI=1S/C18H13ClN2O4S/c1-25-14-8-10(2-7-13(14)22)9-15-17(24)21-18(26-15)20-16(23)11-3-5-12(19)6-4-11/h2-9,22H,1H3,(H,20,21,23,24)/b15-9-. The van der Waals surface area contributed by atoms with E-state index in [1.54, 1.807) is 42.5 Å². The first-order chi connectivity index (χ1) is 12.5. The number of hydrogen-bond acceptors (Lipinski definition) is 5. The van der Waals surface area contributed by atoms with Gasteiger partial charge in [-0.25, -0.2) is 0 Å². The van der Waals surface area contributed by atoms with Crippen molar-refractivity contribution in [1.82, 2.24) is 5.32 Å². The Morgan fingerprint density at radius 3 is 2.69 bits per heavy atom. The maximum atomic E-state index is 12.1. The van der Waals surface area contributed by atoms with E-state index < -0.39 is 5.91 Å². The van der Waals surface area contributed by atoms with Crippen LogP contribution in [-0.2, 0) is 4.79 Å². The van der Waals surface area contributed by atoms with Crippen LogP contribution in [0.5, 0.6) is 11.5 Å². The number of halogens is 1. The molecule has 1 aliphatic heterocycles. The van der Waals surface area contributed by atoms with E-state index in [4.69, 9.17) is 16.3 Å². The maximum absolute atomic E-state index is 12.1. The minimum absolute atomic E-state index is 0.00832. The van der Waals surface area contributed by atoms with E-state index in [-0.39, 0.29) is 16.8 Å². The number of rotatable bonds is 3. The Bertz CT molecular complexity index is 939. The van der Waals surface area contributed by atoms with E-state index in [1.165, 1.54) is 13.2 Å². The Labute approximate surface area is 158 Å². The Balaban J connectivity index is 1.79. The smallest absolute Gasteiger partial charge is 0.279 e. The lowest BCUT2D eigenvalue weighted by molar-refractivity contribution is -0.115. The molecule has 2 N–H and O–H groups in total. The molecule has 1 heterocycles. The van der Waals surface area contributed by atoms with Gasteiger partial charge in [-0.2, -0.15) is 4.99 Å². The highest BCUT2D eigenvalue weighted by Gasteiger charge is 2.25. The number of phenols is 1. The van der Waals surface area contributed by atoms with Gasteiger partial charge in [0, 0.05) is 10.6 Å². The minimum Gasteiger partial charge on any atom is -0.504 e. The van der Waals surface area contributed by atoms with Gasteiger partial charge in [0.05, 0.1) is 12.0 Å². The molecule has 2 aromatic carbocycles. The molecule has 6 nitrogen and oxygen atoms in total. The molecular formula is C18H13ClN2O4S. The molecule has 0 atom stereocenters. The van der Waals surface area contributed by atoms with Crippen molar-refractivity contribution in [3.8, 4) is 11.5 Å². The Morgan fingerprint density at radius 1 is 1.27 bits per heavy atom. The summed E-state index contributed by atoms with van der Waals surface area (Å²) < 4.78 is 5.04. The summed E-state index contributed by atoms with van der Waals surface area (Å²) in [5, 5.41) is 12.9. The van der Waals surface area contributed by atoms with Crippen LogP contribution in [0.2, 0.25) is 5.02 Å². The van der Waals surface area contributed by atoms with Gasteiger partial charge in [0.1, 0.15) is 0 Å². The molecule has 0 spiro atoms. The fourth-order valence-electron chi connectivity index (χ4n) is 2.17. The molecule has 26 heavy (non-hydrogen) atoms. The molecule has 2 aromatic rings. The fourth-order valence-corrected chi connectivity index (χ4v) is 3.11. The van der Waals surface area contributed by atoms with Gasteiger partial charge >= 0.3 is 0 Å². The summed E-state index contributed by atoms with van der Waals surface area (Å²) in [5.41, 5.74) is 1.04. The lowest BCUT2D eigenvalue weighted by atomic mass is 10.2. The van der Waals surface area contributed by atoms with E-state index in [2.05, 4.69) is 10.3 Å². The SMILES string of the molecule is COc1cc(/C=C2\SC(=NC(=O)c3ccc(Cl)cc3)NC2=O)ccc1O. The largest absolute Gasteiger partial charge is 0.504 e. The number of thioether (sulfide) groups is 1. The molecule has 1 fully saturated rings. The van der Waals surface area contributed by atoms with Gasteiger partial charge < -0.3 is 15.2 Å². The number of nitrogens with zero attached hydrogens (tertiary/aromatic N) is 1. The van der Waals surface area contributed by atoms with Gasteiger partial charge in [-0.15, -0.1) is 0 Å². The lowest BCUT2D eigenvalue weighted by Gasteiger charge is -2.03. The third kappa shape index (κ3) is 4.07. The number of amides is 2. The maximum Gasteiger partial charge on any atom is 0.279 e. The second-order valence-electron chi connectivity index (χ2n) is 5.23. The van der Waals surface area contributed by atoms with Crippen molar-refractivity contribution in [2.24, 2.45) is 4.99 Å². The summed E-state index contributed by atoms with van der Waals surface area (Å²) in [5.74, 6) is -0.523. The Morgan fingerprint density at radius 2 is 2.00 bits per heavy atom.